The maximum Gasteiger partial charge on any atom is 0.254 e. The summed E-state index contributed by atoms with van der Waals surface area (Å²) in [5.41, 5.74) is 3.88. The molecule has 218 valence electrons. The minimum atomic E-state index is -0.103. The smallest absolute Gasteiger partial charge is 0.254 e. The van der Waals surface area contributed by atoms with E-state index in [1.165, 1.54) is 11.1 Å². The molecule has 1 aromatic heterocycles. The van der Waals surface area contributed by atoms with Crippen LogP contribution in [0, 0.1) is 6.92 Å². The zero-order valence-electron chi connectivity index (χ0n) is 23.7. The van der Waals surface area contributed by atoms with Crippen LogP contribution in [0.25, 0.3) is 5.69 Å². The van der Waals surface area contributed by atoms with E-state index in [4.69, 9.17) is 23.2 Å². The average molecular weight is 623 g/mol. The van der Waals surface area contributed by atoms with Gasteiger partial charge in [-0.2, -0.15) is 0 Å². The number of benzene rings is 3. The molecule has 1 saturated heterocycles. The topological polar surface area (TPSA) is 71.3 Å². The van der Waals surface area contributed by atoms with Crippen LogP contribution in [0.5, 0.6) is 0 Å². The summed E-state index contributed by atoms with van der Waals surface area (Å²) in [5, 5.41) is 10.6. The summed E-state index contributed by atoms with van der Waals surface area (Å²) in [6.07, 6.45) is 1.84. The Morgan fingerprint density at radius 1 is 0.952 bits per heavy atom. The lowest BCUT2D eigenvalue weighted by atomic mass is 10.1. The van der Waals surface area contributed by atoms with Gasteiger partial charge >= 0.3 is 0 Å². The second-order valence-electron chi connectivity index (χ2n) is 10.5. The lowest BCUT2D eigenvalue weighted by molar-refractivity contribution is -0.133. The molecule has 0 aliphatic carbocycles. The molecular weight excluding hydrogens is 589 g/mol. The van der Waals surface area contributed by atoms with Gasteiger partial charge in [0.2, 0.25) is 5.91 Å². The number of rotatable bonds is 9. The molecule has 7 nitrogen and oxygen atoms in total. The molecule has 2 amide bonds. The van der Waals surface area contributed by atoms with Gasteiger partial charge in [0, 0.05) is 55.5 Å². The van der Waals surface area contributed by atoms with E-state index in [1.807, 2.05) is 36.1 Å². The third kappa shape index (κ3) is 7.17. The predicted molar refractivity (Wildman–Crippen MR) is 169 cm³/mol. The number of carbonyl (C=O) groups is 2. The Balaban J connectivity index is 1.16. The van der Waals surface area contributed by atoms with Gasteiger partial charge in [-0.15, -0.1) is 10.2 Å². The van der Waals surface area contributed by atoms with E-state index in [0.29, 0.717) is 48.1 Å². The molecule has 0 N–H and O–H groups in total. The number of halogens is 2. The number of hydrogen-bond donors (Lipinski definition) is 0. The van der Waals surface area contributed by atoms with Gasteiger partial charge in [0.1, 0.15) is 5.82 Å². The first kappa shape index (κ1) is 30.1. The highest BCUT2D eigenvalue weighted by molar-refractivity contribution is 7.99. The number of carbonyl (C=O) groups excluding carboxylic acids is 2. The van der Waals surface area contributed by atoms with Gasteiger partial charge in [-0.1, -0.05) is 77.4 Å². The zero-order chi connectivity index (χ0) is 29.6. The number of thioether (sulfide) groups is 1. The van der Waals surface area contributed by atoms with Crippen LogP contribution >= 0.6 is 35.0 Å². The van der Waals surface area contributed by atoms with Gasteiger partial charge in [0.25, 0.3) is 5.91 Å². The quantitative estimate of drug-likeness (QED) is 0.153. The minimum Gasteiger partial charge on any atom is -0.339 e. The molecule has 1 aliphatic heterocycles. The molecule has 5 rings (SSSR count). The summed E-state index contributed by atoms with van der Waals surface area (Å²) < 4.78 is 2.12. The van der Waals surface area contributed by atoms with Gasteiger partial charge in [-0.25, -0.2) is 0 Å². The summed E-state index contributed by atoms with van der Waals surface area (Å²) in [6.45, 7) is 5.53. The second kappa shape index (κ2) is 13.8. The Labute approximate surface area is 260 Å². The van der Waals surface area contributed by atoms with Gasteiger partial charge in [0.15, 0.2) is 5.16 Å². The molecule has 2 heterocycles. The van der Waals surface area contributed by atoms with Gasteiger partial charge in [-0.3, -0.25) is 14.2 Å². The Bertz CT molecular complexity index is 1560. The van der Waals surface area contributed by atoms with E-state index in [1.54, 1.807) is 34.9 Å². The predicted octanol–water partition coefficient (Wildman–Crippen LogP) is 6.72. The average Bonchev–Trinajstić information content (AvgIpc) is 3.38. The molecule has 10 heteroatoms. The Morgan fingerprint density at radius 2 is 1.76 bits per heavy atom. The number of nitrogens with zero attached hydrogens (tertiary/aromatic N) is 5. The van der Waals surface area contributed by atoms with Crippen molar-refractivity contribution in [2.24, 2.45) is 0 Å². The van der Waals surface area contributed by atoms with Crippen LogP contribution in [0.1, 0.15) is 47.1 Å². The summed E-state index contributed by atoms with van der Waals surface area (Å²) in [5.74, 6) is 1.63. The van der Waals surface area contributed by atoms with Crippen LogP contribution in [-0.4, -0.2) is 67.8 Å². The van der Waals surface area contributed by atoms with Crippen molar-refractivity contribution in [3.8, 4) is 5.69 Å². The van der Waals surface area contributed by atoms with Crippen LogP contribution in [0.3, 0.4) is 0 Å². The van der Waals surface area contributed by atoms with Crippen molar-refractivity contribution in [1.82, 2.24) is 24.6 Å². The minimum absolute atomic E-state index is 0.102. The lowest BCUT2D eigenvalue weighted by Crippen LogP contribution is -2.55. The molecule has 0 bridgehead atoms. The highest BCUT2D eigenvalue weighted by atomic mass is 35.5. The molecule has 1 unspecified atom stereocenters. The molecule has 3 aromatic carbocycles. The van der Waals surface area contributed by atoms with Crippen molar-refractivity contribution in [3.63, 3.8) is 0 Å². The summed E-state index contributed by atoms with van der Waals surface area (Å²) in [7, 11) is 0. The highest BCUT2D eigenvalue weighted by Gasteiger charge is 2.30. The molecule has 1 aliphatic rings. The number of piperazine rings is 1. The van der Waals surface area contributed by atoms with Gasteiger partial charge in [-0.05, 0) is 61.7 Å². The van der Waals surface area contributed by atoms with Crippen LogP contribution in [0.15, 0.2) is 78.0 Å². The zero-order valence-corrected chi connectivity index (χ0v) is 26.0. The molecule has 1 atom stereocenters. The van der Waals surface area contributed by atoms with Crippen molar-refractivity contribution >= 4 is 46.8 Å². The van der Waals surface area contributed by atoms with E-state index in [2.05, 4.69) is 52.0 Å². The number of aromatic nitrogens is 3. The summed E-state index contributed by atoms with van der Waals surface area (Å²) in [4.78, 5) is 29.8. The van der Waals surface area contributed by atoms with E-state index >= 15 is 0 Å². The van der Waals surface area contributed by atoms with E-state index in [0.717, 1.165) is 28.8 Å². The lowest BCUT2D eigenvalue weighted by Gasteiger charge is -2.40. The Hall–Kier alpha value is -3.33. The number of aryl methyl sites for hydroxylation is 1. The van der Waals surface area contributed by atoms with Crippen LogP contribution < -0.4 is 0 Å². The Kier molecular flexibility index (Phi) is 9.88. The number of amides is 2. The standard InChI is InChI=1S/C32H33Cl2N5O2S/c1-22-8-6-11-26(18-22)39-29(19-24-9-4-3-5-10-24)35-36-32(39)42-17-7-12-30(40)37-15-16-38(23(2)21-37)31(41)25-13-14-27(33)28(34)20-25/h3-6,8-11,13-14,18,20,23H,7,12,15-17,19,21H2,1-2H3. The molecule has 42 heavy (non-hydrogen) atoms. The van der Waals surface area contributed by atoms with Crippen LogP contribution in [-0.2, 0) is 11.2 Å². The molecule has 1 fully saturated rings. The fourth-order valence-electron chi connectivity index (χ4n) is 5.14. The molecular formula is C32H33Cl2N5O2S. The SMILES string of the molecule is Cc1cccc(-n2c(Cc3ccccc3)nnc2SCCCC(=O)N2CCN(C(=O)c3ccc(Cl)c(Cl)c3)C(C)C2)c1. The first-order valence-corrected chi connectivity index (χ1v) is 15.8. The maximum atomic E-state index is 13.1. The van der Waals surface area contributed by atoms with Crippen molar-refractivity contribution in [2.75, 3.05) is 25.4 Å². The van der Waals surface area contributed by atoms with Crippen molar-refractivity contribution in [1.29, 1.82) is 0 Å². The largest absolute Gasteiger partial charge is 0.339 e. The van der Waals surface area contributed by atoms with Crippen LogP contribution in [0.4, 0.5) is 0 Å². The molecule has 0 spiro atoms. The van der Waals surface area contributed by atoms with E-state index < -0.39 is 0 Å². The monoisotopic (exact) mass is 621 g/mol. The van der Waals surface area contributed by atoms with E-state index in [9.17, 15) is 9.59 Å². The molecule has 4 aromatic rings. The third-order valence-electron chi connectivity index (χ3n) is 7.34. The van der Waals surface area contributed by atoms with Crippen molar-refractivity contribution in [2.45, 2.75) is 44.3 Å². The third-order valence-corrected chi connectivity index (χ3v) is 9.09. The second-order valence-corrected chi connectivity index (χ2v) is 12.4. The fourth-order valence-corrected chi connectivity index (χ4v) is 6.35. The maximum absolute atomic E-state index is 13.1. The van der Waals surface area contributed by atoms with Gasteiger partial charge in [0.05, 0.1) is 10.0 Å². The summed E-state index contributed by atoms with van der Waals surface area (Å²) >= 11 is 13.7. The van der Waals surface area contributed by atoms with Crippen molar-refractivity contribution in [3.05, 3.63) is 105 Å². The highest BCUT2D eigenvalue weighted by Crippen LogP contribution is 2.26. The van der Waals surface area contributed by atoms with Gasteiger partial charge < -0.3 is 9.80 Å². The fraction of sp³-hybridized carbons (Fsp3) is 0.312. The molecule has 0 saturated carbocycles. The molecule has 0 radical (unpaired) electrons. The first-order chi connectivity index (χ1) is 20.3. The van der Waals surface area contributed by atoms with E-state index in [-0.39, 0.29) is 17.9 Å². The normalized spacial score (nSPS) is 15.2. The first-order valence-electron chi connectivity index (χ1n) is 14.0. The summed E-state index contributed by atoms with van der Waals surface area (Å²) in [6, 6.07) is 23.4. The van der Waals surface area contributed by atoms with Crippen molar-refractivity contribution < 1.29 is 9.59 Å². The number of hydrogen-bond acceptors (Lipinski definition) is 5. The van der Waals surface area contributed by atoms with Crippen LogP contribution in [0.2, 0.25) is 10.0 Å². The Morgan fingerprint density at radius 3 is 2.50 bits per heavy atom.